The molecule has 1 N–H and O–H groups in total. The van der Waals surface area contributed by atoms with Crippen LogP contribution in [0.3, 0.4) is 0 Å². The molecule has 0 saturated carbocycles. The number of likely N-dealkylation sites (tertiary alicyclic amines) is 1. The van der Waals surface area contributed by atoms with Crippen molar-refractivity contribution in [3.05, 3.63) is 59.4 Å². The Morgan fingerprint density at radius 3 is 2.71 bits per heavy atom. The van der Waals surface area contributed by atoms with Gasteiger partial charge < -0.3 is 15.0 Å². The van der Waals surface area contributed by atoms with E-state index < -0.39 is 0 Å². The lowest BCUT2D eigenvalue weighted by molar-refractivity contribution is -0.116. The Morgan fingerprint density at radius 1 is 1.07 bits per heavy atom. The van der Waals surface area contributed by atoms with Crippen molar-refractivity contribution in [1.82, 2.24) is 4.90 Å². The van der Waals surface area contributed by atoms with Gasteiger partial charge in [0, 0.05) is 24.2 Å². The quantitative estimate of drug-likeness (QED) is 0.755. The lowest BCUT2D eigenvalue weighted by Gasteiger charge is -2.32. The predicted octanol–water partition coefficient (Wildman–Crippen LogP) is 4.36. The number of carbonyl (C=O) groups excluding carboxylic acids is 1. The number of carbonyl (C=O) groups is 1. The lowest BCUT2D eigenvalue weighted by Crippen LogP contribution is -2.34. The Kier molecular flexibility index (Phi) is 5.91. The van der Waals surface area contributed by atoms with Crippen molar-refractivity contribution in [3.8, 4) is 5.75 Å². The minimum Gasteiger partial charge on any atom is -0.493 e. The molecule has 2 aliphatic heterocycles. The number of nitrogens with zero attached hydrogens (tertiary/aromatic N) is 1. The number of rotatable bonds is 6. The first-order valence-electron chi connectivity index (χ1n) is 10.2. The lowest BCUT2D eigenvalue weighted by atomic mass is 9.89. The van der Waals surface area contributed by atoms with Gasteiger partial charge in [0.25, 0.3) is 0 Å². The molecule has 0 unspecified atom stereocenters. The van der Waals surface area contributed by atoms with Crippen LogP contribution in [0.2, 0.25) is 0 Å². The largest absolute Gasteiger partial charge is 0.493 e. The zero-order valence-electron chi connectivity index (χ0n) is 16.1. The van der Waals surface area contributed by atoms with Gasteiger partial charge in [-0.3, -0.25) is 4.79 Å². The van der Waals surface area contributed by atoms with Crippen molar-refractivity contribution >= 4 is 11.6 Å². The highest BCUT2D eigenvalue weighted by Gasteiger charge is 2.22. The van der Waals surface area contributed by atoms with Crippen molar-refractivity contribution < 1.29 is 13.9 Å². The summed E-state index contributed by atoms with van der Waals surface area (Å²) in [5.74, 6) is 1.22. The number of halogens is 1. The fraction of sp³-hybridized carbons (Fsp3) is 0.435. The topological polar surface area (TPSA) is 41.6 Å². The monoisotopic (exact) mass is 382 g/mol. The third-order valence-electron chi connectivity index (χ3n) is 5.82. The fourth-order valence-corrected chi connectivity index (χ4v) is 4.27. The maximum absolute atomic E-state index is 14.0. The van der Waals surface area contributed by atoms with E-state index in [1.807, 2.05) is 30.3 Å². The van der Waals surface area contributed by atoms with Gasteiger partial charge in [0.1, 0.15) is 11.6 Å². The Balaban J connectivity index is 1.22. The van der Waals surface area contributed by atoms with Crippen molar-refractivity contribution in [2.24, 2.45) is 0 Å². The highest BCUT2D eigenvalue weighted by molar-refractivity contribution is 5.94. The Labute approximate surface area is 165 Å². The Hall–Kier alpha value is -2.40. The molecule has 1 amide bonds. The normalized spacial score (nSPS) is 17.8. The molecule has 0 radical (unpaired) electrons. The summed E-state index contributed by atoms with van der Waals surface area (Å²) in [4.78, 5) is 14.0. The summed E-state index contributed by atoms with van der Waals surface area (Å²) in [7, 11) is 0. The molecule has 2 aliphatic rings. The van der Waals surface area contributed by atoms with E-state index in [0.717, 1.165) is 67.9 Å². The molecular formula is C23H27FN2O2. The molecule has 1 fully saturated rings. The van der Waals surface area contributed by atoms with Gasteiger partial charge in [-0.15, -0.1) is 0 Å². The van der Waals surface area contributed by atoms with Gasteiger partial charge in [-0.25, -0.2) is 4.39 Å². The molecule has 0 spiro atoms. The first-order valence-corrected chi connectivity index (χ1v) is 10.2. The summed E-state index contributed by atoms with van der Waals surface area (Å²) in [5.41, 5.74) is 2.85. The molecule has 0 bridgehead atoms. The number of hydrogen-bond donors (Lipinski definition) is 1. The standard InChI is InChI=1S/C23H27FN2O2/c24-20-6-2-1-5-18(20)17-11-14-26(15-12-17)13-4-16-28-22-8-3-7-21-19(22)9-10-23(27)25-21/h1-3,5-8,17H,4,9-16H2,(H,25,27). The second-order valence-electron chi connectivity index (χ2n) is 7.67. The van der Waals surface area contributed by atoms with Crippen molar-refractivity contribution in [2.75, 3.05) is 31.6 Å². The number of benzene rings is 2. The SMILES string of the molecule is O=C1CCc2c(cccc2OCCCN2CCC(c3ccccc3F)CC2)N1. The van der Waals surface area contributed by atoms with Gasteiger partial charge in [-0.05, 0) is 68.5 Å². The number of hydrogen-bond acceptors (Lipinski definition) is 3. The van der Waals surface area contributed by atoms with E-state index in [0.29, 0.717) is 18.9 Å². The Morgan fingerprint density at radius 2 is 1.89 bits per heavy atom. The summed E-state index contributed by atoms with van der Waals surface area (Å²) in [5, 5.41) is 2.91. The van der Waals surface area contributed by atoms with Gasteiger partial charge >= 0.3 is 0 Å². The van der Waals surface area contributed by atoms with Crippen LogP contribution in [0.15, 0.2) is 42.5 Å². The molecule has 2 heterocycles. The predicted molar refractivity (Wildman–Crippen MR) is 108 cm³/mol. The van der Waals surface area contributed by atoms with E-state index in [1.165, 1.54) is 0 Å². The number of ether oxygens (including phenoxy) is 1. The highest BCUT2D eigenvalue weighted by atomic mass is 19.1. The van der Waals surface area contributed by atoms with Crippen LogP contribution in [-0.2, 0) is 11.2 Å². The van der Waals surface area contributed by atoms with E-state index in [1.54, 1.807) is 12.1 Å². The van der Waals surface area contributed by atoms with E-state index in [2.05, 4.69) is 10.2 Å². The van der Waals surface area contributed by atoms with Gasteiger partial charge in [0.2, 0.25) is 5.91 Å². The molecule has 4 rings (SSSR count). The molecule has 0 aliphatic carbocycles. The maximum Gasteiger partial charge on any atom is 0.224 e. The van der Waals surface area contributed by atoms with E-state index in [9.17, 15) is 9.18 Å². The van der Waals surface area contributed by atoms with Gasteiger partial charge in [-0.2, -0.15) is 0 Å². The van der Waals surface area contributed by atoms with Crippen molar-refractivity contribution in [1.29, 1.82) is 0 Å². The molecule has 4 nitrogen and oxygen atoms in total. The average molecular weight is 382 g/mol. The number of amides is 1. The first-order chi connectivity index (χ1) is 13.7. The second-order valence-corrected chi connectivity index (χ2v) is 7.67. The maximum atomic E-state index is 14.0. The molecule has 5 heteroatoms. The summed E-state index contributed by atoms with van der Waals surface area (Å²) in [6.45, 7) is 3.67. The number of piperidine rings is 1. The van der Waals surface area contributed by atoms with Crippen LogP contribution in [0.1, 0.15) is 42.7 Å². The molecular weight excluding hydrogens is 355 g/mol. The molecule has 28 heavy (non-hydrogen) atoms. The average Bonchev–Trinajstić information content (AvgIpc) is 2.72. The third-order valence-corrected chi connectivity index (χ3v) is 5.82. The smallest absolute Gasteiger partial charge is 0.224 e. The summed E-state index contributed by atoms with van der Waals surface area (Å²) in [6.07, 6.45) is 4.23. The molecule has 0 atom stereocenters. The zero-order valence-corrected chi connectivity index (χ0v) is 16.1. The van der Waals surface area contributed by atoms with Crippen LogP contribution in [-0.4, -0.2) is 37.0 Å². The van der Waals surface area contributed by atoms with Crippen LogP contribution in [0.5, 0.6) is 5.75 Å². The van der Waals surface area contributed by atoms with Crippen LogP contribution < -0.4 is 10.1 Å². The second kappa shape index (κ2) is 8.74. The number of nitrogens with one attached hydrogen (secondary N) is 1. The molecule has 2 aromatic carbocycles. The molecule has 0 aromatic heterocycles. The molecule has 2 aromatic rings. The molecule has 1 saturated heterocycles. The fourth-order valence-electron chi connectivity index (χ4n) is 4.27. The van der Waals surface area contributed by atoms with Crippen LogP contribution in [0, 0.1) is 5.82 Å². The zero-order chi connectivity index (χ0) is 19.3. The van der Waals surface area contributed by atoms with Crippen molar-refractivity contribution in [3.63, 3.8) is 0 Å². The minimum atomic E-state index is -0.0725. The van der Waals surface area contributed by atoms with Gasteiger partial charge in [0.15, 0.2) is 0 Å². The minimum absolute atomic E-state index is 0.0725. The summed E-state index contributed by atoms with van der Waals surface area (Å²) in [6, 6.07) is 13.0. The number of anilines is 1. The highest BCUT2D eigenvalue weighted by Crippen LogP contribution is 2.32. The van der Waals surface area contributed by atoms with Gasteiger partial charge in [0.05, 0.1) is 6.61 Å². The summed E-state index contributed by atoms with van der Waals surface area (Å²) < 4.78 is 20.0. The molecule has 148 valence electrons. The van der Waals surface area contributed by atoms with Crippen LogP contribution in [0.4, 0.5) is 10.1 Å². The van der Waals surface area contributed by atoms with Crippen molar-refractivity contribution in [2.45, 2.75) is 38.0 Å². The Bertz CT molecular complexity index is 831. The summed E-state index contributed by atoms with van der Waals surface area (Å²) >= 11 is 0. The third kappa shape index (κ3) is 4.36. The van der Waals surface area contributed by atoms with Gasteiger partial charge in [-0.1, -0.05) is 24.3 Å². The van der Waals surface area contributed by atoms with Crippen LogP contribution >= 0.6 is 0 Å². The van der Waals surface area contributed by atoms with E-state index in [4.69, 9.17) is 4.74 Å². The number of fused-ring (bicyclic) bond motifs is 1. The van der Waals surface area contributed by atoms with Crippen LogP contribution in [0.25, 0.3) is 0 Å². The van der Waals surface area contributed by atoms with E-state index >= 15 is 0 Å². The van der Waals surface area contributed by atoms with E-state index in [-0.39, 0.29) is 11.7 Å². The first kappa shape index (κ1) is 18.9.